The number of hydrogen-bond acceptors (Lipinski definition) is 6. The molecule has 7 nitrogen and oxygen atoms in total. The van der Waals surface area contributed by atoms with Gasteiger partial charge in [-0.2, -0.15) is 0 Å². The molecule has 0 aliphatic carbocycles. The van der Waals surface area contributed by atoms with Gasteiger partial charge in [0.15, 0.2) is 0 Å². The lowest BCUT2D eigenvalue weighted by Crippen LogP contribution is -2.43. The van der Waals surface area contributed by atoms with Crippen LogP contribution >= 0.6 is 0 Å². The first-order chi connectivity index (χ1) is 9.65. The van der Waals surface area contributed by atoms with Crippen molar-refractivity contribution in [3.05, 3.63) is 22.2 Å². The van der Waals surface area contributed by atoms with E-state index in [1.165, 1.54) is 6.07 Å². The number of anilines is 2. The van der Waals surface area contributed by atoms with Gasteiger partial charge in [-0.3, -0.25) is 10.1 Å². The average molecular weight is 278 g/mol. The van der Waals surface area contributed by atoms with Crippen LogP contribution in [0.15, 0.2) is 12.1 Å². The maximum absolute atomic E-state index is 11.0. The van der Waals surface area contributed by atoms with Gasteiger partial charge in [0, 0.05) is 19.6 Å². The molecule has 1 aromatic rings. The summed E-state index contributed by atoms with van der Waals surface area (Å²) in [4.78, 5) is 17.2. The van der Waals surface area contributed by atoms with Gasteiger partial charge in [0.1, 0.15) is 11.6 Å². The van der Waals surface area contributed by atoms with Gasteiger partial charge < -0.3 is 15.0 Å². The monoisotopic (exact) mass is 278 g/mol. The van der Waals surface area contributed by atoms with Crippen molar-refractivity contribution in [3.63, 3.8) is 0 Å². The second-order valence-electron chi connectivity index (χ2n) is 5.22. The summed E-state index contributed by atoms with van der Waals surface area (Å²) in [6.45, 7) is 4.14. The zero-order chi connectivity index (χ0) is 14.1. The van der Waals surface area contributed by atoms with Gasteiger partial charge in [-0.05, 0) is 19.8 Å². The maximum Gasteiger partial charge on any atom is 0.276 e. The lowest BCUT2D eigenvalue weighted by Gasteiger charge is -2.33. The first-order valence-electron chi connectivity index (χ1n) is 6.96. The summed E-state index contributed by atoms with van der Waals surface area (Å²) in [5.41, 5.74) is 0.0739. The molecule has 0 aromatic carbocycles. The molecule has 2 aliphatic rings. The Morgan fingerprint density at radius 1 is 1.45 bits per heavy atom. The minimum Gasteiger partial charge on any atom is -0.371 e. The lowest BCUT2D eigenvalue weighted by atomic mass is 10.2. The van der Waals surface area contributed by atoms with Gasteiger partial charge in [0.2, 0.25) is 0 Å². The van der Waals surface area contributed by atoms with E-state index in [1.807, 2.05) is 6.92 Å². The second kappa shape index (κ2) is 5.24. The number of hydrogen-bond donors (Lipinski definition) is 1. The van der Waals surface area contributed by atoms with Crippen molar-refractivity contribution in [2.45, 2.75) is 32.0 Å². The number of nitrogens with one attached hydrogen (secondary N) is 1. The Kier molecular flexibility index (Phi) is 3.43. The molecular weight excluding hydrogens is 260 g/mol. The van der Waals surface area contributed by atoms with E-state index >= 15 is 0 Å². The topological polar surface area (TPSA) is 80.5 Å². The molecule has 2 atom stereocenters. The molecule has 3 rings (SSSR count). The Morgan fingerprint density at radius 3 is 2.75 bits per heavy atom. The van der Waals surface area contributed by atoms with Gasteiger partial charge in [-0.25, -0.2) is 4.98 Å². The zero-order valence-electron chi connectivity index (χ0n) is 11.4. The van der Waals surface area contributed by atoms with Crippen LogP contribution in [-0.4, -0.2) is 41.7 Å². The highest BCUT2D eigenvalue weighted by molar-refractivity contribution is 5.56. The lowest BCUT2D eigenvalue weighted by molar-refractivity contribution is -0.384. The molecule has 0 spiro atoms. The van der Waals surface area contributed by atoms with Crippen LogP contribution < -0.4 is 10.2 Å². The average Bonchev–Trinajstić information content (AvgIpc) is 2.77. The fourth-order valence-electron chi connectivity index (χ4n) is 2.84. The standard InChI is InChI=1S/C13H18N4O3/c1-2-14-12-5-9(17(18)19)6-13(15-12)16-7-10-3-4-11(8-16)20-10/h5-6,10-11H,2-4,7-8H2,1H3,(H,14,15). The number of nitrogens with zero attached hydrogens (tertiary/aromatic N) is 3. The fraction of sp³-hybridized carbons (Fsp3) is 0.615. The van der Waals surface area contributed by atoms with Crippen molar-refractivity contribution in [1.29, 1.82) is 0 Å². The van der Waals surface area contributed by atoms with Crippen LogP contribution in [0.5, 0.6) is 0 Å². The summed E-state index contributed by atoms with van der Waals surface area (Å²) >= 11 is 0. The highest BCUT2D eigenvalue weighted by Gasteiger charge is 2.34. The fourth-order valence-corrected chi connectivity index (χ4v) is 2.84. The van der Waals surface area contributed by atoms with E-state index < -0.39 is 0 Å². The van der Waals surface area contributed by atoms with Gasteiger partial charge in [0.05, 0.1) is 29.3 Å². The van der Waals surface area contributed by atoms with Crippen LogP contribution in [-0.2, 0) is 4.74 Å². The molecule has 0 radical (unpaired) electrons. The van der Waals surface area contributed by atoms with E-state index in [0.717, 1.165) is 25.9 Å². The predicted octanol–water partition coefficient (Wildman–Crippen LogP) is 1.79. The zero-order valence-corrected chi connectivity index (χ0v) is 11.4. The third-order valence-electron chi connectivity index (χ3n) is 3.73. The second-order valence-corrected chi connectivity index (χ2v) is 5.22. The molecular formula is C13H18N4O3. The van der Waals surface area contributed by atoms with Crippen molar-refractivity contribution < 1.29 is 9.66 Å². The molecule has 108 valence electrons. The highest BCUT2D eigenvalue weighted by atomic mass is 16.6. The Hall–Kier alpha value is -1.89. The third kappa shape index (κ3) is 2.53. The molecule has 2 unspecified atom stereocenters. The van der Waals surface area contributed by atoms with Crippen LogP contribution in [0.4, 0.5) is 17.3 Å². The predicted molar refractivity (Wildman–Crippen MR) is 75.2 cm³/mol. The summed E-state index contributed by atoms with van der Waals surface area (Å²) in [6.07, 6.45) is 2.60. The van der Waals surface area contributed by atoms with Crippen LogP contribution in [0.1, 0.15) is 19.8 Å². The molecule has 1 aromatic heterocycles. The summed E-state index contributed by atoms with van der Waals surface area (Å²) in [5.74, 6) is 1.21. The number of pyridine rings is 1. The van der Waals surface area contributed by atoms with Crippen LogP contribution in [0.25, 0.3) is 0 Å². The van der Waals surface area contributed by atoms with E-state index in [-0.39, 0.29) is 22.8 Å². The molecule has 0 saturated carbocycles. The van der Waals surface area contributed by atoms with Crippen LogP contribution in [0.3, 0.4) is 0 Å². The molecule has 2 saturated heterocycles. The number of rotatable bonds is 4. The first-order valence-corrected chi connectivity index (χ1v) is 6.96. The van der Waals surface area contributed by atoms with Crippen molar-refractivity contribution in [1.82, 2.24) is 4.98 Å². The smallest absolute Gasteiger partial charge is 0.276 e. The molecule has 0 amide bonds. The largest absolute Gasteiger partial charge is 0.371 e. The molecule has 2 fully saturated rings. The number of fused-ring (bicyclic) bond motifs is 2. The maximum atomic E-state index is 11.0. The SMILES string of the molecule is CCNc1cc([N+](=O)[O-])cc(N2CC3CCC(C2)O3)n1. The van der Waals surface area contributed by atoms with Crippen LogP contribution in [0, 0.1) is 10.1 Å². The van der Waals surface area contributed by atoms with Gasteiger partial charge in [-0.1, -0.05) is 0 Å². The summed E-state index contributed by atoms with van der Waals surface area (Å²) in [5, 5.41) is 14.1. The van der Waals surface area contributed by atoms with Crippen molar-refractivity contribution in [2.24, 2.45) is 0 Å². The van der Waals surface area contributed by atoms with E-state index in [9.17, 15) is 10.1 Å². The molecule has 2 bridgehead atoms. The highest BCUT2D eigenvalue weighted by Crippen LogP contribution is 2.31. The van der Waals surface area contributed by atoms with Gasteiger partial charge in [0.25, 0.3) is 5.69 Å². The minimum absolute atomic E-state index is 0.0739. The molecule has 7 heteroatoms. The normalized spacial score (nSPS) is 24.8. The Morgan fingerprint density at radius 2 is 2.15 bits per heavy atom. The van der Waals surface area contributed by atoms with Gasteiger partial charge in [-0.15, -0.1) is 0 Å². The van der Waals surface area contributed by atoms with Crippen molar-refractivity contribution >= 4 is 17.3 Å². The first kappa shape index (κ1) is 13.1. The quantitative estimate of drug-likeness (QED) is 0.668. The molecule has 2 aliphatic heterocycles. The minimum atomic E-state index is -0.374. The van der Waals surface area contributed by atoms with Crippen molar-refractivity contribution in [2.75, 3.05) is 29.9 Å². The molecule has 20 heavy (non-hydrogen) atoms. The van der Waals surface area contributed by atoms with E-state index in [2.05, 4.69) is 15.2 Å². The Labute approximate surface area is 117 Å². The van der Waals surface area contributed by atoms with E-state index in [4.69, 9.17) is 4.74 Å². The third-order valence-corrected chi connectivity index (χ3v) is 3.73. The van der Waals surface area contributed by atoms with Crippen molar-refractivity contribution in [3.8, 4) is 0 Å². The van der Waals surface area contributed by atoms with Gasteiger partial charge >= 0.3 is 0 Å². The molecule has 3 heterocycles. The number of aromatic nitrogens is 1. The van der Waals surface area contributed by atoms with Crippen LogP contribution in [0.2, 0.25) is 0 Å². The number of morpholine rings is 1. The Balaban J connectivity index is 1.89. The van der Waals surface area contributed by atoms with E-state index in [1.54, 1.807) is 6.07 Å². The van der Waals surface area contributed by atoms with E-state index in [0.29, 0.717) is 18.2 Å². The summed E-state index contributed by atoms with van der Waals surface area (Å²) < 4.78 is 5.79. The molecule has 1 N–H and O–H groups in total. The Bertz CT molecular complexity index is 510. The number of ether oxygens (including phenoxy) is 1. The number of nitro groups is 1. The summed E-state index contributed by atoms with van der Waals surface area (Å²) in [6, 6.07) is 3.02. The summed E-state index contributed by atoms with van der Waals surface area (Å²) in [7, 11) is 0.